The number of nitrogens with zero attached hydrogens (tertiary/aromatic N) is 4. The van der Waals surface area contributed by atoms with Crippen LogP contribution in [0, 0.1) is 18.8 Å². The Morgan fingerprint density at radius 2 is 2.14 bits per heavy atom. The molecule has 2 aromatic heterocycles. The van der Waals surface area contributed by atoms with Gasteiger partial charge in [0, 0.05) is 19.6 Å². The average Bonchev–Trinajstić information content (AvgIpc) is 3.54. The highest BCUT2D eigenvalue weighted by Gasteiger charge is 2.59. The van der Waals surface area contributed by atoms with Crippen LogP contribution in [0.25, 0.3) is 11.4 Å². The number of esters is 1. The maximum Gasteiger partial charge on any atom is 0.343 e. The van der Waals surface area contributed by atoms with E-state index in [2.05, 4.69) is 10.3 Å². The van der Waals surface area contributed by atoms with Crippen molar-refractivity contribution in [1.82, 2.24) is 20.0 Å². The Kier molecular flexibility index (Phi) is 6.76. The Hall–Kier alpha value is -2.59. The molecule has 3 aliphatic rings. The van der Waals surface area contributed by atoms with Gasteiger partial charge in [-0.05, 0) is 69.9 Å². The van der Waals surface area contributed by atoms with Crippen LogP contribution in [0.4, 0.5) is 4.39 Å². The standard InChI is InChI=1S/C25H33FN4O5/c1-15-21(35-17-12-16-9-10-25(26,18(16)13-17)24(31)32-3)8-7-19(27-15)23-20(30(2)29-28-23)14-34-22-6-4-5-11-33-22/h7-8,16-18,22H,4-6,9-14H2,1-3H3. The Morgan fingerprint density at radius 3 is 2.89 bits per heavy atom. The topological polar surface area (TPSA) is 97.6 Å². The first-order valence-electron chi connectivity index (χ1n) is 12.4. The van der Waals surface area contributed by atoms with Gasteiger partial charge in [0.25, 0.3) is 0 Å². The second-order valence-electron chi connectivity index (χ2n) is 9.87. The largest absolute Gasteiger partial charge is 0.489 e. The molecule has 5 rings (SSSR count). The van der Waals surface area contributed by atoms with Crippen molar-refractivity contribution in [3.63, 3.8) is 0 Å². The van der Waals surface area contributed by atoms with Gasteiger partial charge in [0.15, 0.2) is 6.29 Å². The third-order valence-corrected chi connectivity index (χ3v) is 7.70. The molecule has 3 fully saturated rings. The second-order valence-corrected chi connectivity index (χ2v) is 9.87. The van der Waals surface area contributed by atoms with Crippen LogP contribution in [-0.4, -0.2) is 57.7 Å². The van der Waals surface area contributed by atoms with E-state index < -0.39 is 11.6 Å². The smallest absolute Gasteiger partial charge is 0.343 e. The summed E-state index contributed by atoms with van der Waals surface area (Å²) in [6.07, 6.45) is 4.81. The summed E-state index contributed by atoms with van der Waals surface area (Å²) in [7, 11) is 3.08. The minimum Gasteiger partial charge on any atom is -0.489 e. The molecule has 190 valence electrons. The van der Waals surface area contributed by atoms with Gasteiger partial charge in [-0.2, -0.15) is 0 Å². The first kappa shape index (κ1) is 24.1. The minimum atomic E-state index is -1.90. The van der Waals surface area contributed by atoms with E-state index in [0.717, 1.165) is 38.0 Å². The molecule has 5 unspecified atom stereocenters. The molecule has 2 aliphatic carbocycles. The van der Waals surface area contributed by atoms with Crippen molar-refractivity contribution >= 4 is 5.97 Å². The Bertz CT molecular complexity index is 1070. The highest BCUT2D eigenvalue weighted by Crippen LogP contribution is 2.53. The molecule has 10 heteroatoms. The quantitative estimate of drug-likeness (QED) is 0.545. The number of carbonyl (C=O) groups is 1. The fraction of sp³-hybridized carbons (Fsp3) is 0.680. The fourth-order valence-electron chi connectivity index (χ4n) is 5.79. The van der Waals surface area contributed by atoms with E-state index in [1.54, 1.807) is 4.68 Å². The van der Waals surface area contributed by atoms with Gasteiger partial charge in [-0.15, -0.1) is 5.10 Å². The number of fused-ring (bicyclic) bond motifs is 1. The van der Waals surface area contributed by atoms with Crippen LogP contribution in [0.2, 0.25) is 0 Å². The monoisotopic (exact) mass is 488 g/mol. The summed E-state index contributed by atoms with van der Waals surface area (Å²) >= 11 is 0. The number of hydrogen-bond donors (Lipinski definition) is 0. The lowest BCUT2D eigenvalue weighted by molar-refractivity contribution is -0.169. The van der Waals surface area contributed by atoms with Crippen molar-refractivity contribution in [3.05, 3.63) is 23.5 Å². The summed E-state index contributed by atoms with van der Waals surface area (Å²) in [6, 6.07) is 3.73. The lowest BCUT2D eigenvalue weighted by atomic mass is 9.89. The van der Waals surface area contributed by atoms with Crippen LogP contribution in [-0.2, 0) is 32.7 Å². The van der Waals surface area contributed by atoms with Crippen LogP contribution >= 0.6 is 0 Å². The number of pyridine rings is 1. The zero-order chi connectivity index (χ0) is 24.6. The van der Waals surface area contributed by atoms with Crippen LogP contribution in [0.3, 0.4) is 0 Å². The van der Waals surface area contributed by atoms with Gasteiger partial charge >= 0.3 is 5.97 Å². The number of rotatable bonds is 7. The SMILES string of the molecule is COC(=O)C1(F)CCC2CC(Oc3ccc(-c4nnn(C)c4COC4CCCCO4)nc3C)CC21. The zero-order valence-electron chi connectivity index (χ0n) is 20.5. The third kappa shape index (κ3) is 4.65. The Labute approximate surface area is 204 Å². The number of aromatic nitrogens is 4. The molecule has 35 heavy (non-hydrogen) atoms. The highest BCUT2D eigenvalue weighted by atomic mass is 19.1. The van der Waals surface area contributed by atoms with E-state index in [1.165, 1.54) is 7.11 Å². The van der Waals surface area contributed by atoms with Crippen molar-refractivity contribution in [2.75, 3.05) is 13.7 Å². The molecule has 0 spiro atoms. The summed E-state index contributed by atoms with van der Waals surface area (Å²) in [5, 5.41) is 8.47. The first-order chi connectivity index (χ1) is 16.9. The molecule has 1 aliphatic heterocycles. The zero-order valence-corrected chi connectivity index (χ0v) is 20.5. The molecule has 2 saturated carbocycles. The van der Waals surface area contributed by atoms with Gasteiger partial charge in [0.1, 0.15) is 11.4 Å². The number of aryl methyl sites for hydroxylation is 2. The summed E-state index contributed by atoms with van der Waals surface area (Å²) < 4.78 is 39.6. The summed E-state index contributed by atoms with van der Waals surface area (Å²) in [5.74, 6) is -0.333. The number of halogens is 1. The number of ether oxygens (including phenoxy) is 4. The van der Waals surface area contributed by atoms with E-state index in [1.807, 2.05) is 26.1 Å². The highest BCUT2D eigenvalue weighted by molar-refractivity contribution is 5.80. The lowest BCUT2D eigenvalue weighted by Crippen LogP contribution is -2.39. The molecule has 0 aromatic carbocycles. The fourth-order valence-corrected chi connectivity index (χ4v) is 5.79. The molecule has 0 amide bonds. The number of methoxy groups -OCH3 is 1. The summed E-state index contributed by atoms with van der Waals surface area (Å²) in [4.78, 5) is 16.8. The van der Waals surface area contributed by atoms with Gasteiger partial charge in [-0.3, -0.25) is 0 Å². The number of carbonyl (C=O) groups excluding carboxylic acids is 1. The van der Waals surface area contributed by atoms with Crippen molar-refractivity contribution in [2.24, 2.45) is 18.9 Å². The molecule has 0 bridgehead atoms. The minimum absolute atomic E-state index is 0.131. The van der Waals surface area contributed by atoms with Gasteiger partial charge in [-0.1, -0.05) is 5.21 Å². The van der Waals surface area contributed by atoms with Gasteiger partial charge in [-0.25, -0.2) is 18.9 Å². The molecule has 1 saturated heterocycles. The van der Waals surface area contributed by atoms with E-state index in [9.17, 15) is 4.79 Å². The van der Waals surface area contributed by atoms with Crippen molar-refractivity contribution in [1.29, 1.82) is 0 Å². The Balaban J connectivity index is 1.26. The molecule has 3 heterocycles. The Morgan fingerprint density at radius 1 is 1.29 bits per heavy atom. The van der Waals surface area contributed by atoms with Crippen molar-refractivity contribution in [2.45, 2.75) is 76.5 Å². The molecule has 5 atom stereocenters. The summed E-state index contributed by atoms with van der Waals surface area (Å²) in [6.45, 7) is 2.93. The molecular formula is C25H33FN4O5. The maximum atomic E-state index is 15.3. The maximum absolute atomic E-state index is 15.3. The molecular weight excluding hydrogens is 455 g/mol. The third-order valence-electron chi connectivity index (χ3n) is 7.70. The van der Waals surface area contributed by atoms with E-state index in [0.29, 0.717) is 42.3 Å². The number of alkyl halides is 1. The molecule has 2 aromatic rings. The van der Waals surface area contributed by atoms with Gasteiger partial charge in [0.05, 0.1) is 36.9 Å². The lowest BCUT2D eigenvalue weighted by Gasteiger charge is -2.24. The molecule has 0 N–H and O–H groups in total. The second kappa shape index (κ2) is 9.81. The average molecular weight is 489 g/mol. The summed E-state index contributed by atoms with van der Waals surface area (Å²) in [5.41, 5.74) is 0.982. The van der Waals surface area contributed by atoms with Crippen molar-refractivity contribution < 1.29 is 28.1 Å². The van der Waals surface area contributed by atoms with Crippen LogP contribution in [0.15, 0.2) is 12.1 Å². The molecule has 0 radical (unpaired) electrons. The van der Waals surface area contributed by atoms with Crippen LogP contribution in [0.5, 0.6) is 5.75 Å². The number of hydrogen-bond acceptors (Lipinski definition) is 8. The van der Waals surface area contributed by atoms with E-state index in [4.69, 9.17) is 23.9 Å². The first-order valence-corrected chi connectivity index (χ1v) is 12.4. The predicted octanol–water partition coefficient (Wildman–Crippen LogP) is 3.68. The van der Waals surface area contributed by atoms with Crippen LogP contribution < -0.4 is 4.74 Å². The predicted molar refractivity (Wildman–Crippen MR) is 123 cm³/mol. The van der Waals surface area contributed by atoms with E-state index in [-0.39, 0.29) is 30.7 Å². The van der Waals surface area contributed by atoms with Gasteiger partial charge in [0.2, 0.25) is 5.67 Å². The normalized spacial score (nSPS) is 30.3. The van der Waals surface area contributed by atoms with Gasteiger partial charge < -0.3 is 18.9 Å². The molecule has 9 nitrogen and oxygen atoms in total. The van der Waals surface area contributed by atoms with Crippen molar-refractivity contribution in [3.8, 4) is 17.1 Å². The van der Waals surface area contributed by atoms with Crippen LogP contribution in [0.1, 0.15) is 56.3 Å². The van der Waals surface area contributed by atoms with E-state index >= 15 is 4.39 Å².